The summed E-state index contributed by atoms with van der Waals surface area (Å²) in [7, 11) is 1.60. The first-order valence-electron chi connectivity index (χ1n) is 7.38. The smallest absolute Gasteiger partial charge is 0.248 e. The number of carbonyl (C=O) groups excluding carboxylic acids is 1. The van der Waals surface area contributed by atoms with Crippen LogP contribution in [0.15, 0.2) is 42.5 Å². The summed E-state index contributed by atoms with van der Waals surface area (Å²) in [5.74, 6) is 1.58. The van der Waals surface area contributed by atoms with Crippen LogP contribution in [0.25, 0.3) is 6.08 Å². The van der Waals surface area contributed by atoms with Gasteiger partial charge < -0.3 is 19.5 Å². The number of rotatable bonds is 4. The molecule has 0 saturated heterocycles. The molecule has 2 aromatic carbocycles. The normalized spacial score (nSPS) is 12.9. The Morgan fingerprint density at radius 1 is 1.21 bits per heavy atom. The molecule has 2 aromatic rings. The zero-order chi connectivity index (χ0) is 16.9. The highest BCUT2D eigenvalue weighted by Gasteiger charge is 2.15. The van der Waals surface area contributed by atoms with Gasteiger partial charge in [0.2, 0.25) is 5.91 Å². The Morgan fingerprint density at radius 2 is 1.96 bits per heavy atom. The fraction of sp³-hybridized carbons (Fsp3) is 0.167. The van der Waals surface area contributed by atoms with E-state index in [0.29, 0.717) is 35.4 Å². The van der Waals surface area contributed by atoms with Crippen molar-refractivity contribution in [2.75, 3.05) is 25.6 Å². The first-order chi connectivity index (χ1) is 11.7. The van der Waals surface area contributed by atoms with Gasteiger partial charge in [0.05, 0.1) is 17.8 Å². The van der Waals surface area contributed by atoms with Crippen LogP contribution >= 0.6 is 11.6 Å². The average Bonchev–Trinajstić information content (AvgIpc) is 2.61. The zero-order valence-corrected chi connectivity index (χ0v) is 13.8. The van der Waals surface area contributed by atoms with Crippen molar-refractivity contribution < 1.29 is 19.0 Å². The van der Waals surface area contributed by atoms with Crippen LogP contribution in [0, 0.1) is 0 Å². The van der Waals surface area contributed by atoms with Gasteiger partial charge in [-0.05, 0) is 23.8 Å². The van der Waals surface area contributed by atoms with Gasteiger partial charge in [-0.25, -0.2) is 0 Å². The number of benzene rings is 2. The molecule has 5 nitrogen and oxygen atoms in total. The van der Waals surface area contributed by atoms with E-state index in [1.807, 2.05) is 24.3 Å². The molecule has 0 saturated carbocycles. The highest BCUT2D eigenvalue weighted by Crippen LogP contribution is 2.37. The lowest BCUT2D eigenvalue weighted by Gasteiger charge is -2.19. The van der Waals surface area contributed by atoms with Crippen molar-refractivity contribution >= 4 is 29.3 Å². The van der Waals surface area contributed by atoms with Crippen molar-refractivity contribution in [3.8, 4) is 17.2 Å². The number of halogens is 1. The maximum atomic E-state index is 12.1. The lowest BCUT2D eigenvalue weighted by Crippen LogP contribution is -2.16. The third kappa shape index (κ3) is 3.81. The largest absolute Gasteiger partial charge is 0.497 e. The number of amides is 1. The minimum atomic E-state index is -0.295. The van der Waals surface area contributed by atoms with Gasteiger partial charge in [0.25, 0.3) is 0 Å². The average molecular weight is 346 g/mol. The Labute approximate surface area is 144 Å². The topological polar surface area (TPSA) is 56.8 Å². The first-order valence-corrected chi connectivity index (χ1v) is 7.76. The summed E-state index contributed by atoms with van der Waals surface area (Å²) in [6, 6.07) is 10.7. The second kappa shape index (κ2) is 7.27. The lowest BCUT2D eigenvalue weighted by atomic mass is 10.2. The van der Waals surface area contributed by atoms with Crippen molar-refractivity contribution in [3.05, 3.63) is 53.1 Å². The highest BCUT2D eigenvalue weighted by atomic mass is 35.5. The maximum absolute atomic E-state index is 12.1. The third-order valence-electron chi connectivity index (χ3n) is 3.41. The van der Waals surface area contributed by atoms with Crippen LogP contribution in [0.3, 0.4) is 0 Å². The van der Waals surface area contributed by atoms with Gasteiger partial charge in [-0.1, -0.05) is 23.7 Å². The Hall–Kier alpha value is -2.66. The number of hydrogen-bond acceptors (Lipinski definition) is 4. The van der Waals surface area contributed by atoms with E-state index in [4.69, 9.17) is 25.8 Å². The molecule has 0 unspecified atom stereocenters. The number of methoxy groups -OCH3 is 1. The number of fused-ring (bicyclic) bond motifs is 1. The monoisotopic (exact) mass is 345 g/mol. The quantitative estimate of drug-likeness (QED) is 0.857. The summed E-state index contributed by atoms with van der Waals surface area (Å²) in [5.41, 5.74) is 1.33. The van der Waals surface area contributed by atoms with E-state index in [0.717, 1.165) is 11.3 Å². The summed E-state index contributed by atoms with van der Waals surface area (Å²) < 4.78 is 16.1. The molecule has 3 rings (SSSR count). The standard InChI is InChI=1S/C18H16ClNO4/c1-22-13-4-2-3-12(9-13)5-6-18(21)20-15-11-17-16(10-14(15)19)23-7-8-24-17/h2-6,9-11H,7-8H2,1H3,(H,20,21)/b6-5+. The molecule has 0 spiro atoms. The van der Waals surface area contributed by atoms with Gasteiger partial charge in [0.1, 0.15) is 19.0 Å². The molecule has 1 heterocycles. The molecule has 0 radical (unpaired) electrons. The van der Waals surface area contributed by atoms with Gasteiger partial charge >= 0.3 is 0 Å². The summed E-state index contributed by atoms with van der Waals surface area (Å²) in [6.07, 6.45) is 3.13. The molecular formula is C18H16ClNO4. The van der Waals surface area contributed by atoms with Crippen molar-refractivity contribution in [2.24, 2.45) is 0 Å². The van der Waals surface area contributed by atoms with Gasteiger partial charge in [0.15, 0.2) is 11.5 Å². The van der Waals surface area contributed by atoms with Crippen molar-refractivity contribution in [3.63, 3.8) is 0 Å². The Morgan fingerprint density at radius 3 is 2.71 bits per heavy atom. The minimum Gasteiger partial charge on any atom is -0.497 e. The minimum absolute atomic E-state index is 0.295. The van der Waals surface area contributed by atoms with Crippen LogP contribution in [0.1, 0.15) is 5.56 Å². The lowest BCUT2D eigenvalue weighted by molar-refractivity contribution is -0.111. The van der Waals surface area contributed by atoms with Crippen LogP contribution in [0.4, 0.5) is 5.69 Å². The van der Waals surface area contributed by atoms with Crippen molar-refractivity contribution in [1.29, 1.82) is 0 Å². The Balaban J connectivity index is 1.71. The van der Waals surface area contributed by atoms with E-state index >= 15 is 0 Å². The second-order valence-electron chi connectivity index (χ2n) is 5.07. The Bertz CT molecular complexity index is 789. The summed E-state index contributed by atoms with van der Waals surface area (Å²) in [4.78, 5) is 12.1. The van der Waals surface area contributed by atoms with Crippen LogP contribution in [0.5, 0.6) is 17.2 Å². The molecule has 0 fully saturated rings. The van der Waals surface area contributed by atoms with Crippen molar-refractivity contribution in [1.82, 2.24) is 0 Å². The van der Waals surface area contributed by atoms with Crippen LogP contribution in [-0.2, 0) is 4.79 Å². The summed E-state index contributed by atoms with van der Waals surface area (Å²) in [6.45, 7) is 0.954. The number of hydrogen-bond donors (Lipinski definition) is 1. The number of carbonyl (C=O) groups is 1. The third-order valence-corrected chi connectivity index (χ3v) is 3.72. The van der Waals surface area contributed by atoms with Crippen LogP contribution in [0.2, 0.25) is 5.02 Å². The van der Waals surface area contributed by atoms with Gasteiger partial charge in [-0.3, -0.25) is 4.79 Å². The molecule has 0 atom stereocenters. The molecular weight excluding hydrogens is 330 g/mol. The van der Waals surface area contributed by atoms with Gasteiger partial charge in [0, 0.05) is 18.2 Å². The van der Waals surface area contributed by atoms with E-state index in [1.54, 1.807) is 25.3 Å². The van der Waals surface area contributed by atoms with Gasteiger partial charge in [-0.2, -0.15) is 0 Å². The first kappa shape index (κ1) is 16.2. The predicted octanol–water partition coefficient (Wildman–Crippen LogP) is 3.77. The molecule has 1 aliphatic heterocycles. The van der Waals surface area contributed by atoms with E-state index < -0.39 is 0 Å². The molecule has 24 heavy (non-hydrogen) atoms. The molecule has 124 valence electrons. The summed E-state index contributed by atoms with van der Waals surface area (Å²) in [5, 5.41) is 3.13. The molecule has 0 bridgehead atoms. The number of nitrogens with one attached hydrogen (secondary N) is 1. The highest BCUT2D eigenvalue weighted by molar-refractivity contribution is 6.34. The van der Waals surface area contributed by atoms with E-state index in [2.05, 4.69) is 5.32 Å². The molecule has 1 aliphatic rings. The zero-order valence-electron chi connectivity index (χ0n) is 13.0. The van der Waals surface area contributed by atoms with Crippen LogP contribution in [-0.4, -0.2) is 26.2 Å². The fourth-order valence-corrected chi connectivity index (χ4v) is 2.45. The maximum Gasteiger partial charge on any atom is 0.248 e. The van der Waals surface area contributed by atoms with E-state index in [1.165, 1.54) is 6.08 Å². The number of ether oxygens (including phenoxy) is 3. The molecule has 1 N–H and O–H groups in total. The number of anilines is 1. The van der Waals surface area contributed by atoms with E-state index in [9.17, 15) is 4.79 Å². The fourth-order valence-electron chi connectivity index (χ4n) is 2.25. The molecule has 0 aliphatic carbocycles. The van der Waals surface area contributed by atoms with Crippen molar-refractivity contribution in [2.45, 2.75) is 0 Å². The van der Waals surface area contributed by atoms with Gasteiger partial charge in [-0.15, -0.1) is 0 Å². The SMILES string of the molecule is COc1cccc(/C=C/C(=O)Nc2cc3c(cc2Cl)OCCO3)c1. The van der Waals surface area contributed by atoms with E-state index in [-0.39, 0.29) is 5.91 Å². The molecule has 0 aromatic heterocycles. The molecule has 1 amide bonds. The second-order valence-corrected chi connectivity index (χ2v) is 5.48. The Kier molecular flexibility index (Phi) is 4.91. The summed E-state index contributed by atoms with van der Waals surface area (Å²) >= 11 is 6.17. The molecule has 6 heteroatoms. The predicted molar refractivity (Wildman–Crippen MR) is 93.1 cm³/mol. The van der Waals surface area contributed by atoms with Crippen LogP contribution < -0.4 is 19.5 Å².